The zero-order chi connectivity index (χ0) is 25.0. The van der Waals surface area contributed by atoms with Crippen LogP contribution in [0.3, 0.4) is 0 Å². The normalized spacial score (nSPS) is 10.9. The summed E-state index contributed by atoms with van der Waals surface area (Å²) in [6.45, 7) is 8.64. The highest BCUT2D eigenvalue weighted by atomic mass is 16.6. The molecule has 2 aromatic rings. The van der Waals surface area contributed by atoms with Crippen LogP contribution in [0.5, 0.6) is 5.75 Å². The molecule has 0 bridgehead atoms. The first kappa shape index (κ1) is 26.1. The third-order valence-corrected chi connectivity index (χ3v) is 4.46. The van der Waals surface area contributed by atoms with Crippen LogP contribution in [0.15, 0.2) is 57.8 Å². The first-order valence-electron chi connectivity index (χ1n) is 10.8. The van der Waals surface area contributed by atoms with E-state index in [1.54, 1.807) is 49.4 Å². The SMILES string of the molecule is CCOC(=O)NNC(=O)c1ccc(N=Nc2ccc(OCCCN=[N+]=[N-])cc2)cc1C(C)(C)C. The van der Waals surface area contributed by atoms with Gasteiger partial charge >= 0.3 is 6.09 Å². The Labute approximate surface area is 198 Å². The smallest absolute Gasteiger partial charge is 0.426 e. The molecule has 11 heteroatoms. The lowest BCUT2D eigenvalue weighted by atomic mass is 9.83. The Morgan fingerprint density at radius 3 is 2.35 bits per heavy atom. The molecule has 0 aromatic heterocycles. The second kappa shape index (κ2) is 12.8. The Morgan fingerprint density at radius 1 is 1.03 bits per heavy atom. The van der Waals surface area contributed by atoms with Gasteiger partial charge in [-0.2, -0.15) is 10.2 Å². The van der Waals surface area contributed by atoms with Crippen molar-refractivity contribution in [3.8, 4) is 5.75 Å². The first-order chi connectivity index (χ1) is 16.2. The molecule has 2 amide bonds. The van der Waals surface area contributed by atoms with Gasteiger partial charge in [-0.15, -0.1) is 0 Å². The number of rotatable bonds is 9. The standard InChI is InChI=1S/C23H29N7O4/c1-5-33-22(32)29-28-21(31)19-12-9-17(15-20(19)23(2,3)4)27-26-16-7-10-18(11-8-16)34-14-6-13-25-30-24/h7-12,15H,5-6,13-14H2,1-4H3,(H,28,31)(H,29,32). The van der Waals surface area contributed by atoms with Crippen molar-refractivity contribution >= 4 is 23.4 Å². The summed E-state index contributed by atoms with van der Waals surface area (Å²) in [5, 5.41) is 12.0. The number of hydrazine groups is 1. The molecule has 0 fully saturated rings. The lowest BCUT2D eigenvalue weighted by Crippen LogP contribution is -2.42. The van der Waals surface area contributed by atoms with E-state index in [0.717, 1.165) is 5.56 Å². The molecule has 11 nitrogen and oxygen atoms in total. The number of nitrogens with one attached hydrogen (secondary N) is 2. The first-order valence-corrected chi connectivity index (χ1v) is 10.8. The molecular weight excluding hydrogens is 438 g/mol. The van der Waals surface area contributed by atoms with Crippen molar-refractivity contribution in [3.63, 3.8) is 0 Å². The molecule has 2 aromatic carbocycles. The third-order valence-electron chi connectivity index (χ3n) is 4.46. The van der Waals surface area contributed by atoms with Crippen LogP contribution in [0.25, 0.3) is 10.4 Å². The Hall–Kier alpha value is -4.11. The molecule has 0 aliphatic heterocycles. The van der Waals surface area contributed by atoms with Gasteiger partial charge in [0.1, 0.15) is 5.75 Å². The van der Waals surface area contributed by atoms with Crippen molar-refractivity contribution in [2.75, 3.05) is 19.8 Å². The number of ether oxygens (including phenoxy) is 2. The van der Waals surface area contributed by atoms with Gasteiger partial charge in [0.25, 0.3) is 5.91 Å². The largest absolute Gasteiger partial charge is 0.494 e. The summed E-state index contributed by atoms with van der Waals surface area (Å²) < 4.78 is 10.3. The van der Waals surface area contributed by atoms with Gasteiger partial charge in [-0.05, 0) is 72.3 Å². The molecule has 34 heavy (non-hydrogen) atoms. The zero-order valence-corrected chi connectivity index (χ0v) is 19.7. The monoisotopic (exact) mass is 467 g/mol. The van der Waals surface area contributed by atoms with Crippen LogP contribution in [-0.4, -0.2) is 31.8 Å². The number of carbonyl (C=O) groups is 2. The zero-order valence-electron chi connectivity index (χ0n) is 19.7. The lowest BCUT2D eigenvalue weighted by molar-refractivity contribution is 0.0910. The molecule has 0 radical (unpaired) electrons. The molecule has 0 saturated heterocycles. The van der Waals surface area contributed by atoms with Crippen molar-refractivity contribution in [1.29, 1.82) is 0 Å². The van der Waals surface area contributed by atoms with Crippen LogP contribution in [0, 0.1) is 0 Å². The van der Waals surface area contributed by atoms with Crippen LogP contribution in [0.4, 0.5) is 16.2 Å². The summed E-state index contributed by atoms with van der Waals surface area (Å²) in [6, 6.07) is 12.2. The van der Waals surface area contributed by atoms with E-state index in [2.05, 4.69) is 31.1 Å². The summed E-state index contributed by atoms with van der Waals surface area (Å²) >= 11 is 0. The van der Waals surface area contributed by atoms with Gasteiger partial charge in [0.05, 0.1) is 24.6 Å². The van der Waals surface area contributed by atoms with Crippen molar-refractivity contribution in [2.24, 2.45) is 15.3 Å². The van der Waals surface area contributed by atoms with Gasteiger partial charge in [-0.3, -0.25) is 10.2 Å². The molecule has 0 aliphatic rings. The Bertz CT molecular complexity index is 1060. The fourth-order valence-corrected chi connectivity index (χ4v) is 2.85. The van der Waals surface area contributed by atoms with Crippen LogP contribution < -0.4 is 15.6 Å². The molecule has 0 atom stereocenters. The van der Waals surface area contributed by atoms with E-state index in [9.17, 15) is 9.59 Å². The molecule has 0 spiro atoms. The Balaban J connectivity index is 2.08. The maximum Gasteiger partial charge on any atom is 0.426 e. The van der Waals surface area contributed by atoms with Crippen LogP contribution in [0.2, 0.25) is 0 Å². The highest BCUT2D eigenvalue weighted by molar-refractivity contribution is 5.97. The van der Waals surface area contributed by atoms with Crippen molar-refractivity contribution in [2.45, 2.75) is 39.5 Å². The number of benzene rings is 2. The quantitative estimate of drug-likeness (QED) is 0.156. The van der Waals surface area contributed by atoms with Crippen molar-refractivity contribution < 1.29 is 19.1 Å². The summed E-state index contributed by atoms with van der Waals surface area (Å²) in [5.41, 5.74) is 14.8. The number of carbonyl (C=O) groups excluding carboxylic acids is 2. The highest BCUT2D eigenvalue weighted by Gasteiger charge is 2.22. The van der Waals surface area contributed by atoms with E-state index in [-0.39, 0.29) is 12.0 Å². The number of hydrogen-bond donors (Lipinski definition) is 2. The summed E-state index contributed by atoms with van der Waals surface area (Å²) in [4.78, 5) is 26.7. The number of hydrogen-bond acceptors (Lipinski definition) is 7. The van der Waals surface area contributed by atoms with Gasteiger partial charge in [0.2, 0.25) is 0 Å². The number of azo groups is 1. The highest BCUT2D eigenvalue weighted by Crippen LogP contribution is 2.30. The predicted molar refractivity (Wildman–Crippen MR) is 128 cm³/mol. The summed E-state index contributed by atoms with van der Waals surface area (Å²) in [7, 11) is 0. The van der Waals surface area contributed by atoms with E-state index in [1.165, 1.54) is 0 Å². The minimum Gasteiger partial charge on any atom is -0.494 e. The molecule has 0 aliphatic carbocycles. The molecular formula is C23H29N7O4. The topological polar surface area (TPSA) is 150 Å². The average Bonchev–Trinajstić information content (AvgIpc) is 2.81. The summed E-state index contributed by atoms with van der Waals surface area (Å²) in [6.07, 6.45) is -0.0997. The average molecular weight is 468 g/mol. The van der Waals surface area contributed by atoms with Crippen molar-refractivity contribution in [1.82, 2.24) is 10.9 Å². The van der Waals surface area contributed by atoms with E-state index in [1.807, 2.05) is 20.8 Å². The van der Waals surface area contributed by atoms with E-state index in [0.29, 0.717) is 42.3 Å². The molecule has 2 N–H and O–H groups in total. The van der Waals surface area contributed by atoms with Gasteiger partial charge < -0.3 is 9.47 Å². The van der Waals surface area contributed by atoms with Crippen LogP contribution in [0.1, 0.15) is 50.0 Å². The molecule has 0 heterocycles. The van der Waals surface area contributed by atoms with Crippen molar-refractivity contribution in [3.05, 3.63) is 64.0 Å². The predicted octanol–water partition coefficient (Wildman–Crippen LogP) is 5.87. The van der Waals surface area contributed by atoms with E-state index in [4.69, 9.17) is 15.0 Å². The van der Waals surface area contributed by atoms with Crippen LogP contribution in [-0.2, 0) is 10.2 Å². The third kappa shape index (κ3) is 8.44. The minimum atomic E-state index is -0.733. The van der Waals surface area contributed by atoms with Crippen LogP contribution >= 0.6 is 0 Å². The summed E-state index contributed by atoms with van der Waals surface area (Å²) in [5.74, 6) is 0.221. The fourth-order valence-electron chi connectivity index (χ4n) is 2.85. The maximum absolute atomic E-state index is 12.6. The van der Waals surface area contributed by atoms with E-state index >= 15 is 0 Å². The second-order valence-electron chi connectivity index (χ2n) is 8.13. The molecule has 180 valence electrons. The molecule has 0 saturated carbocycles. The minimum absolute atomic E-state index is 0.198. The number of amides is 2. The molecule has 2 rings (SSSR count). The van der Waals surface area contributed by atoms with Gasteiger partial charge in [0, 0.05) is 17.0 Å². The lowest BCUT2D eigenvalue weighted by Gasteiger charge is -2.22. The number of nitrogens with zero attached hydrogens (tertiary/aromatic N) is 5. The fraction of sp³-hybridized carbons (Fsp3) is 0.391. The number of azide groups is 1. The van der Waals surface area contributed by atoms with Gasteiger partial charge in [-0.25, -0.2) is 10.2 Å². The Kier molecular flexibility index (Phi) is 9.85. The second-order valence-corrected chi connectivity index (χ2v) is 8.13. The van der Waals surface area contributed by atoms with Gasteiger partial charge in [-0.1, -0.05) is 25.9 Å². The molecule has 0 unspecified atom stereocenters. The van der Waals surface area contributed by atoms with E-state index < -0.39 is 12.0 Å². The Morgan fingerprint density at radius 2 is 1.71 bits per heavy atom. The maximum atomic E-state index is 12.6. The van der Waals surface area contributed by atoms with Gasteiger partial charge in [0.15, 0.2) is 0 Å².